The third-order valence-electron chi connectivity index (χ3n) is 2.68. The summed E-state index contributed by atoms with van der Waals surface area (Å²) in [4.78, 5) is 10.4. The lowest BCUT2D eigenvalue weighted by molar-refractivity contribution is -0.385. The molecule has 0 heterocycles. The van der Waals surface area contributed by atoms with Crippen LogP contribution in [0.1, 0.15) is 5.56 Å². The summed E-state index contributed by atoms with van der Waals surface area (Å²) in [6.45, 7) is 0.0694. The lowest BCUT2D eigenvalue weighted by atomic mass is 10.1. The van der Waals surface area contributed by atoms with Crippen molar-refractivity contribution in [2.45, 2.75) is 6.42 Å². The van der Waals surface area contributed by atoms with E-state index in [1.54, 1.807) is 30.3 Å². The second-order valence-electron chi connectivity index (χ2n) is 4.06. The SMILES string of the molecule is O=[N+]([O-])c1c(Cl)cccc1Oc1ccc(CCO)cc1. The van der Waals surface area contributed by atoms with Gasteiger partial charge in [-0.25, -0.2) is 0 Å². The van der Waals surface area contributed by atoms with Crippen LogP contribution < -0.4 is 4.74 Å². The molecule has 0 radical (unpaired) electrons. The number of benzene rings is 2. The van der Waals surface area contributed by atoms with Crippen LogP contribution in [0, 0.1) is 10.1 Å². The number of para-hydroxylation sites is 1. The zero-order valence-electron chi connectivity index (χ0n) is 10.5. The number of hydrogen-bond donors (Lipinski definition) is 1. The number of aliphatic hydroxyl groups is 1. The minimum atomic E-state index is -0.572. The summed E-state index contributed by atoms with van der Waals surface area (Å²) < 4.78 is 5.50. The number of ether oxygens (including phenoxy) is 1. The van der Waals surface area contributed by atoms with E-state index >= 15 is 0 Å². The molecule has 2 aromatic rings. The molecule has 0 fully saturated rings. The van der Waals surface area contributed by atoms with Gasteiger partial charge >= 0.3 is 5.69 Å². The summed E-state index contributed by atoms with van der Waals surface area (Å²) in [6, 6.07) is 11.5. The lowest BCUT2D eigenvalue weighted by Gasteiger charge is -2.07. The summed E-state index contributed by atoms with van der Waals surface area (Å²) >= 11 is 5.81. The fraction of sp³-hybridized carbons (Fsp3) is 0.143. The van der Waals surface area contributed by atoms with Crippen molar-refractivity contribution < 1.29 is 14.8 Å². The van der Waals surface area contributed by atoms with Crippen LogP contribution in [0.2, 0.25) is 5.02 Å². The molecule has 1 N–H and O–H groups in total. The highest BCUT2D eigenvalue weighted by atomic mass is 35.5. The fourth-order valence-corrected chi connectivity index (χ4v) is 1.97. The summed E-state index contributed by atoms with van der Waals surface area (Å²) in [7, 11) is 0. The van der Waals surface area contributed by atoms with E-state index in [0.717, 1.165) is 5.56 Å². The Balaban J connectivity index is 2.26. The Morgan fingerprint density at radius 3 is 2.50 bits per heavy atom. The average Bonchev–Trinajstić information content (AvgIpc) is 2.41. The van der Waals surface area contributed by atoms with Crippen molar-refractivity contribution in [3.63, 3.8) is 0 Å². The highest BCUT2D eigenvalue weighted by Gasteiger charge is 2.20. The zero-order chi connectivity index (χ0) is 14.5. The first-order chi connectivity index (χ1) is 9.61. The van der Waals surface area contributed by atoms with Crippen molar-refractivity contribution in [2.75, 3.05) is 6.61 Å². The van der Waals surface area contributed by atoms with Crippen molar-refractivity contribution in [3.05, 3.63) is 63.2 Å². The highest BCUT2D eigenvalue weighted by Crippen LogP contribution is 2.36. The maximum Gasteiger partial charge on any atom is 0.329 e. The van der Waals surface area contributed by atoms with E-state index in [4.69, 9.17) is 21.4 Å². The van der Waals surface area contributed by atoms with Gasteiger partial charge in [0.15, 0.2) is 0 Å². The van der Waals surface area contributed by atoms with Crippen LogP contribution in [0.3, 0.4) is 0 Å². The Morgan fingerprint density at radius 1 is 1.20 bits per heavy atom. The Hall–Kier alpha value is -2.11. The van der Waals surface area contributed by atoms with Crippen LogP contribution in [0.15, 0.2) is 42.5 Å². The molecule has 20 heavy (non-hydrogen) atoms. The summed E-state index contributed by atoms with van der Waals surface area (Å²) in [6.07, 6.45) is 0.553. The van der Waals surface area contributed by atoms with Crippen LogP contribution in [0.4, 0.5) is 5.69 Å². The zero-order valence-corrected chi connectivity index (χ0v) is 11.2. The van der Waals surface area contributed by atoms with Gasteiger partial charge < -0.3 is 9.84 Å². The smallest absolute Gasteiger partial charge is 0.329 e. The fourth-order valence-electron chi connectivity index (χ4n) is 1.74. The van der Waals surface area contributed by atoms with Gasteiger partial charge in [0.1, 0.15) is 10.8 Å². The summed E-state index contributed by atoms with van der Waals surface area (Å²) in [5, 5.41) is 19.8. The quantitative estimate of drug-likeness (QED) is 0.675. The van der Waals surface area contributed by atoms with Crippen LogP contribution in [0.5, 0.6) is 11.5 Å². The van der Waals surface area contributed by atoms with Gasteiger partial charge in [0.2, 0.25) is 5.75 Å². The van der Waals surface area contributed by atoms with Gasteiger partial charge in [-0.1, -0.05) is 29.8 Å². The molecule has 6 heteroatoms. The molecule has 0 saturated carbocycles. The van der Waals surface area contributed by atoms with Crippen LogP contribution in [-0.4, -0.2) is 16.6 Å². The molecule has 0 unspecified atom stereocenters. The average molecular weight is 294 g/mol. The number of aliphatic hydroxyl groups excluding tert-OH is 1. The number of nitrogens with zero attached hydrogens (tertiary/aromatic N) is 1. The molecule has 0 aromatic heterocycles. The molecule has 0 aliphatic heterocycles. The second kappa shape index (κ2) is 6.36. The molecule has 0 atom stereocenters. The maximum absolute atomic E-state index is 11.0. The summed E-state index contributed by atoms with van der Waals surface area (Å²) in [5.74, 6) is 0.564. The van der Waals surface area contributed by atoms with Gasteiger partial charge in [0.05, 0.1) is 4.92 Å². The molecule has 0 saturated heterocycles. The predicted molar refractivity (Wildman–Crippen MR) is 75.4 cm³/mol. The van der Waals surface area contributed by atoms with E-state index < -0.39 is 4.92 Å². The van der Waals surface area contributed by atoms with Gasteiger partial charge in [-0.15, -0.1) is 0 Å². The van der Waals surface area contributed by atoms with Crippen molar-refractivity contribution in [1.82, 2.24) is 0 Å². The van der Waals surface area contributed by atoms with E-state index in [-0.39, 0.29) is 23.1 Å². The molecular weight excluding hydrogens is 282 g/mol. The van der Waals surface area contributed by atoms with Crippen molar-refractivity contribution in [2.24, 2.45) is 0 Å². The minimum Gasteiger partial charge on any atom is -0.450 e. The van der Waals surface area contributed by atoms with Gasteiger partial charge in [0.25, 0.3) is 0 Å². The van der Waals surface area contributed by atoms with Crippen LogP contribution in [-0.2, 0) is 6.42 Å². The first kappa shape index (κ1) is 14.3. The van der Waals surface area contributed by atoms with Crippen molar-refractivity contribution >= 4 is 17.3 Å². The molecule has 0 aliphatic rings. The number of nitro groups is 1. The highest BCUT2D eigenvalue weighted by molar-refractivity contribution is 6.32. The van der Waals surface area contributed by atoms with Gasteiger partial charge in [0, 0.05) is 6.61 Å². The number of nitro benzene ring substituents is 1. The molecule has 0 bridgehead atoms. The van der Waals surface area contributed by atoms with Crippen LogP contribution in [0.25, 0.3) is 0 Å². The van der Waals surface area contributed by atoms with E-state index in [9.17, 15) is 10.1 Å². The molecular formula is C14H12ClNO4. The van der Waals surface area contributed by atoms with Crippen LogP contribution >= 0.6 is 11.6 Å². The Morgan fingerprint density at radius 2 is 1.90 bits per heavy atom. The second-order valence-corrected chi connectivity index (χ2v) is 4.47. The summed E-state index contributed by atoms with van der Waals surface area (Å²) in [5.41, 5.74) is 0.703. The largest absolute Gasteiger partial charge is 0.450 e. The third kappa shape index (κ3) is 3.26. The molecule has 2 rings (SSSR count). The van der Waals surface area contributed by atoms with Gasteiger partial charge in [-0.2, -0.15) is 0 Å². The molecule has 5 nitrogen and oxygen atoms in total. The Bertz CT molecular complexity index is 613. The van der Waals surface area contributed by atoms with E-state index in [2.05, 4.69) is 0 Å². The lowest BCUT2D eigenvalue weighted by Crippen LogP contribution is -1.95. The Kier molecular flexibility index (Phi) is 4.55. The molecule has 0 amide bonds. The molecule has 0 spiro atoms. The topological polar surface area (TPSA) is 72.6 Å². The van der Waals surface area contributed by atoms with E-state index in [0.29, 0.717) is 12.2 Å². The molecule has 104 valence electrons. The number of rotatable bonds is 5. The molecule has 2 aromatic carbocycles. The third-order valence-corrected chi connectivity index (χ3v) is 2.99. The van der Waals surface area contributed by atoms with Gasteiger partial charge in [-0.05, 0) is 36.2 Å². The van der Waals surface area contributed by atoms with E-state index in [1.807, 2.05) is 0 Å². The standard InChI is InChI=1S/C14H12ClNO4/c15-12-2-1-3-13(14(12)16(18)19)20-11-6-4-10(5-7-11)8-9-17/h1-7,17H,8-9H2. The number of hydrogen-bond acceptors (Lipinski definition) is 4. The Labute approximate surface area is 120 Å². The minimum absolute atomic E-state index is 0.0319. The first-order valence-corrected chi connectivity index (χ1v) is 6.30. The van der Waals surface area contributed by atoms with Crippen molar-refractivity contribution in [3.8, 4) is 11.5 Å². The first-order valence-electron chi connectivity index (χ1n) is 5.92. The monoisotopic (exact) mass is 293 g/mol. The number of halogens is 1. The van der Waals surface area contributed by atoms with Crippen molar-refractivity contribution in [1.29, 1.82) is 0 Å². The van der Waals surface area contributed by atoms with E-state index in [1.165, 1.54) is 12.1 Å². The normalized spacial score (nSPS) is 10.3. The van der Waals surface area contributed by atoms with Gasteiger partial charge in [-0.3, -0.25) is 10.1 Å². The maximum atomic E-state index is 11.0. The molecule has 0 aliphatic carbocycles. The predicted octanol–water partition coefficient (Wildman–Crippen LogP) is 3.58.